The van der Waals surface area contributed by atoms with E-state index in [1.165, 1.54) is 25.5 Å². The summed E-state index contributed by atoms with van der Waals surface area (Å²) in [5.41, 5.74) is 0. The maximum absolute atomic E-state index is 12.4. The highest BCUT2D eigenvalue weighted by molar-refractivity contribution is 7.89. The van der Waals surface area contributed by atoms with Crippen molar-refractivity contribution >= 4 is 15.9 Å². The fourth-order valence-electron chi connectivity index (χ4n) is 2.49. The van der Waals surface area contributed by atoms with Crippen LogP contribution in [0.5, 0.6) is 0 Å². The molecule has 0 aromatic carbocycles. The van der Waals surface area contributed by atoms with Gasteiger partial charge in [-0.1, -0.05) is 0 Å². The minimum atomic E-state index is -3.68. The summed E-state index contributed by atoms with van der Waals surface area (Å²) in [6.45, 7) is 1.14. The molecule has 1 N–H and O–H groups in total. The van der Waals surface area contributed by atoms with E-state index >= 15 is 0 Å². The molecule has 1 aliphatic rings. The lowest BCUT2D eigenvalue weighted by Crippen LogP contribution is -2.50. The highest BCUT2D eigenvalue weighted by Gasteiger charge is 2.27. The molecule has 0 bridgehead atoms. The van der Waals surface area contributed by atoms with Crippen molar-refractivity contribution in [1.82, 2.24) is 19.5 Å². The molecule has 0 aliphatic carbocycles. The van der Waals surface area contributed by atoms with Gasteiger partial charge in [0.15, 0.2) is 0 Å². The Morgan fingerprint density at radius 3 is 2.95 bits per heavy atom. The van der Waals surface area contributed by atoms with Crippen molar-refractivity contribution in [3.63, 3.8) is 0 Å². The van der Waals surface area contributed by atoms with Crippen LogP contribution in [0.25, 0.3) is 0 Å². The van der Waals surface area contributed by atoms with Gasteiger partial charge in [0.2, 0.25) is 15.9 Å². The summed E-state index contributed by atoms with van der Waals surface area (Å²) < 4.78 is 25.8. The van der Waals surface area contributed by atoms with Gasteiger partial charge in [-0.05, 0) is 32.0 Å². The monoisotopic (exact) mass is 326 g/mol. The average Bonchev–Trinajstić information content (AvgIpc) is 2.55. The number of likely N-dealkylation sites (tertiary alicyclic amines) is 1. The summed E-state index contributed by atoms with van der Waals surface area (Å²) in [4.78, 5) is 18.0. The van der Waals surface area contributed by atoms with E-state index in [9.17, 15) is 13.2 Å². The average molecular weight is 326 g/mol. The highest BCUT2D eigenvalue weighted by Crippen LogP contribution is 2.14. The number of hydrogen-bond acceptors (Lipinski definition) is 5. The minimum Gasteiger partial charge on any atom is -0.340 e. The Balaban J connectivity index is 2.02. The fourth-order valence-corrected chi connectivity index (χ4v) is 3.58. The Kier molecular flexibility index (Phi) is 5.49. The lowest BCUT2D eigenvalue weighted by Gasteiger charge is -2.33. The molecule has 1 aromatic heterocycles. The van der Waals surface area contributed by atoms with E-state index in [2.05, 4.69) is 10.3 Å². The van der Waals surface area contributed by atoms with Crippen molar-refractivity contribution in [2.45, 2.75) is 23.8 Å². The second kappa shape index (κ2) is 7.17. The molecule has 0 radical (unpaired) electrons. The molecule has 8 heteroatoms. The molecule has 122 valence electrons. The summed E-state index contributed by atoms with van der Waals surface area (Å²) in [7, 11) is -0.395. The third-order valence-electron chi connectivity index (χ3n) is 3.88. The molecule has 1 amide bonds. The van der Waals surface area contributed by atoms with Gasteiger partial charge in [-0.15, -0.1) is 0 Å². The number of carbonyl (C=O) groups excluding carboxylic acids is 1. The van der Waals surface area contributed by atoms with Gasteiger partial charge in [-0.2, -0.15) is 4.31 Å². The molecule has 0 spiro atoms. The molecule has 1 atom stereocenters. The summed E-state index contributed by atoms with van der Waals surface area (Å²) in [6, 6.07) is 3.31. The van der Waals surface area contributed by atoms with Crippen LogP contribution in [0.2, 0.25) is 0 Å². The molecule has 2 heterocycles. The Hall–Kier alpha value is -1.51. The van der Waals surface area contributed by atoms with Gasteiger partial charge >= 0.3 is 0 Å². The van der Waals surface area contributed by atoms with Crippen LogP contribution in [0.1, 0.15) is 12.8 Å². The number of nitrogens with zero attached hydrogens (tertiary/aromatic N) is 3. The zero-order valence-corrected chi connectivity index (χ0v) is 13.7. The normalized spacial score (nSPS) is 19.4. The number of amides is 1. The van der Waals surface area contributed by atoms with Gasteiger partial charge in [0.05, 0.1) is 6.54 Å². The zero-order chi connectivity index (χ0) is 16.2. The summed E-state index contributed by atoms with van der Waals surface area (Å²) >= 11 is 0. The number of pyridine rings is 1. The number of rotatable bonds is 5. The molecule has 1 aromatic rings. The Bertz CT molecular complexity index is 606. The Labute approximate surface area is 131 Å². The van der Waals surface area contributed by atoms with E-state index in [0.29, 0.717) is 13.1 Å². The molecule has 1 unspecified atom stereocenters. The number of piperidine rings is 1. The second-order valence-electron chi connectivity index (χ2n) is 5.42. The van der Waals surface area contributed by atoms with E-state index in [-0.39, 0.29) is 23.4 Å². The number of carbonyl (C=O) groups is 1. The molecule has 22 heavy (non-hydrogen) atoms. The second-order valence-corrected chi connectivity index (χ2v) is 7.46. The van der Waals surface area contributed by atoms with Crippen molar-refractivity contribution in [3.8, 4) is 0 Å². The zero-order valence-electron chi connectivity index (χ0n) is 12.9. The van der Waals surface area contributed by atoms with Crippen molar-refractivity contribution in [2.75, 3.05) is 33.7 Å². The van der Waals surface area contributed by atoms with Crippen LogP contribution in [-0.4, -0.2) is 68.3 Å². The number of hydrogen-bond donors (Lipinski definition) is 1. The van der Waals surface area contributed by atoms with Crippen LogP contribution >= 0.6 is 0 Å². The molecule has 1 saturated heterocycles. The number of aromatic nitrogens is 1. The van der Waals surface area contributed by atoms with Crippen molar-refractivity contribution < 1.29 is 13.2 Å². The first-order valence-corrected chi connectivity index (χ1v) is 8.70. The van der Waals surface area contributed by atoms with Crippen LogP contribution in [0, 0.1) is 0 Å². The first-order chi connectivity index (χ1) is 10.4. The van der Waals surface area contributed by atoms with E-state index in [1.807, 2.05) is 7.05 Å². The first-order valence-electron chi connectivity index (χ1n) is 7.26. The molecular weight excluding hydrogens is 304 g/mol. The summed E-state index contributed by atoms with van der Waals surface area (Å²) in [5, 5.41) is 3.16. The van der Waals surface area contributed by atoms with Gasteiger partial charge in [-0.25, -0.2) is 8.42 Å². The van der Waals surface area contributed by atoms with Crippen molar-refractivity contribution in [2.24, 2.45) is 0 Å². The predicted octanol–water partition coefficient (Wildman–Crippen LogP) is -0.0875. The molecule has 7 nitrogen and oxygen atoms in total. The maximum Gasteiger partial charge on any atom is 0.244 e. The minimum absolute atomic E-state index is 0.0945. The van der Waals surface area contributed by atoms with E-state index in [1.54, 1.807) is 11.0 Å². The van der Waals surface area contributed by atoms with Crippen LogP contribution in [0.3, 0.4) is 0 Å². The van der Waals surface area contributed by atoms with Crippen molar-refractivity contribution in [1.29, 1.82) is 0 Å². The molecular formula is C14H22N4O3S. The Morgan fingerprint density at radius 1 is 1.55 bits per heavy atom. The van der Waals surface area contributed by atoms with Crippen molar-refractivity contribution in [3.05, 3.63) is 24.5 Å². The quantitative estimate of drug-likeness (QED) is 0.818. The van der Waals surface area contributed by atoms with Gasteiger partial charge in [0.25, 0.3) is 0 Å². The maximum atomic E-state index is 12.4. The van der Waals surface area contributed by atoms with Gasteiger partial charge < -0.3 is 10.2 Å². The SMILES string of the molecule is CNC1CCCN(C(=O)CN(C)S(=O)(=O)c2cccnc2)C1. The van der Waals surface area contributed by atoms with E-state index in [0.717, 1.165) is 17.1 Å². The molecule has 0 saturated carbocycles. The lowest BCUT2D eigenvalue weighted by molar-refractivity contribution is -0.132. The number of sulfonamides is 1. The van der Waals surface area contributed by atoms with E-state index < -0.39 is 10.0 Å². The fraction of sp³-hybridized carbons (Fsp3) is 0.571. The summed E-state index contributed by atoms with van der Waals surface area (Å²) in [5.74, 6) is -0.171. The van der Waals surface area contributed by atoms with Crippen LogP contribution in [-0.2, 0) is 14.8 Å². The van der Waals surface area contributed by atoms with Gasteiger partial charge in [0, 0.05) is 38.6 Å². The Morgan fingerprint density at radius 2 is 2.32 bits per heavy atom. The third kappa shape index (κ3) is 3.82. The third-order valence-corrected chi connectivity index (χ3v) is 5.67. The lowest BCUT2D eigenvalue weighted by atomic mass is 10.1. The van der Waals surface area contributed by atoms with Crippen LogP contribution in [0.4, 0.5) is 0 Å². The molecule has 2 rings (SSSR count). The first kappa shape index (κ1) is 16.9. The molecule has 1 aliphatic heterocycles. The standard InChI is InChI=1S/C14H22N4O3S/c1-15-12-5-4-8-18(10-12)14(19)11-17(2)22(20,21)13-6-3-7-16-9-13/h3,6-7,9,12,15H,4-5,8,10-11H2,1-2H3. The summed E-state index contributed by atoms with van der Waals surface area (Å²) in [6.07, 6.45) is 4.75. The van der Waals surface area contributed by atoms with Gasteiger partial charge in [-0.3, -0.25) is 9.78 Å². The van der Waals surface area contributed by atoms with Crippen LogP contribution in [0.15, 0.2) is 29.4 Å². The van der Waals surface area contributed by atoms with Crippen LogP contribution < -0.4 is 5.32 Å². The molecule has 1 fully saturated rings. The number of nitrogens with one attached hydrogen (secondary N) is 1. The smallest absolute Gasteiger partial charge is 0.244 e. The highest BCUT2D eigenvalue weighted by atomic mass is 32.2. The number of likely N-dealkylation sites (N-methyl/N-ethyl adjacent to an activating group) is 2. The van der Waals surface area contributed by atoms with E-state index in [4.69, 9.17) is 0 Å². The van der Waals surface area contributed by atoms with Gasteiger partial charge in [0.1, 0.15) is 4.90 Å². The topological polar surface area (TPSA) is 82.6 Å². The predicted molar refractivity (Wildman–Crippen MR) is 82.7 cm³/mol. The largest absolute Gasteiger partial charge is 0.340 e.